The number of halogens is 2. The minimum absolute atomic E-state index is 0.102. The Morgan fingerprint density at radius 3 is 2.71 bits per heavy atom. The first-order chi connectivity index (χ1) is 16.4. The number of pyridine rings is 1. The van der Waals surface area contributed by atoms with Gasteiger partial charge >= 0.3 is 0 Å². The summed E-state index contributed by atoms with van der Waals surface area (Å²) >= 11 is 12.5. The number of aromatic nitrogens is 4. The van der Waals surface area contributed by atoms with Gasteiger partial charge in [-0.05, 0) is 48.9 Å². The van der Waals surface area contributed by atoms with E-state index in [1.54, 1.807) is 78.6 Å². The zero-order chi connectivity index (χ0) is 23.8. The molecule has 0 aliphatic carbocycles. The van der Waals surface area contributed by atoms with E-state index in [9.17, 15) is 9.90 Å². The van der Waals surface area contributed by atoms with Crippen LogP contribution in [0.1, 0.15) is 18.5 Å². The van der Waals surface area contributed by atoms with Gasteiger partial charge in [0, 0.05) is 17.5 Å². The number of carbonyl (C=O) groups excluding carboxylic acids is 1. The molecule has 0 spiro atoms. The molecule has 8 nitrogen and oxygen atoms in total. The number of carbonyl (C=O) groups is 1. The van der Waals surface area contributed by atoms with E-state index >= 15 is 0 Å². The number of phenols is 1. The van der Waals surface area contributed by atoms with Gasteiger partial charge in [0.05, 0.1) is 27.5 Å². The second kappa shape index (κ2) is 8.81. The maximum Gasteiger partial charge on any atom is 0.255 e. The van der Waals surface area contributed by atoms with Crippen LogP contribution in [0.4, 0.5) is 11.6 Å². The molecule has 0 radical (unpaired) electrons. The number of nitrogens with one attached hydrogen (secondary N) is 2. The molecule has 170 valence electrons. The van der Waals surface area contributed by atoms with Crippen molar-refractivity contribution in [3.63, 3.8) is 0 Å². The highest BCUT2D eigenvalue weighted by Gasteiger charge is 2.35. The van der Waals surface area contributed by atoms with Crippen molar-refractivity contribution < 1.29 is 9.90 Å². The van der Waals surface area contributed by atoms with Gasteiger partial charge in [-0.2, -0.15) is 4.98 Å². The summed E-state index contributed by atoms with van der Waals surface area (Å²) in [5.41, 5.74) is 2.95. The summed E-state index contributed by atoms with van der Waals surface area (Å²) in [4.78, 5) is 22.1. The Morgan fingerprint density at radius 2 is 1.97 bits per heavy atom. The molecule has 0 bridgehead atoms. The Kier molecular flexibility index (Phi) is 5.69. The van der Waals surface area contributed by atoms with Crippen molar-refractivity contribution in [3.05, 3.63) is 93.9 Å². The van der Waals surface area contributed by atoms with Crippen molar-refractivity contribution in [2.75, 3.05) is 10.6 Å². The maximum atomic E-state index is 13.5. The largest absolute Gasteiger partial charge is 0.508 e. The Bertz CT molecular complexity index is 1430. The van der Waals surface area contributed by atoms with Crippen LogP contribution < -0.4 is 10.6 Å². The SMILES string of the molecule is CC1=C(C(=O)Nc2cccnc2)C(c2ccc(Cl)c(Cl)c2)n2nc(-c3cccc(O)c3)nc2N1. The van der Waals surface area contributed by atoms with Crippen LogP contribution in [-0.2, 0) is 4.79 Å². The number of fused-ring (bicyclic) bond motifs is 1. The summed E-state index contributed by atoms with van der Waals surface area (Å²) in [5.74, 6) is 0.620. The number of phenolic OH excluding ortho intramolecular Hbond substituents is 1. The zero-order valence-electron chi connectivity index (χ0n) is 17.8. The minimum Gasteiger partial charge on any atom is -0.508 e. The molecule has 0 saturated carbocycles. The lowest BCUT2D eigenvalue weighted by Crippen LogP contribution is -2.31. The van der Waals surface area contributed by atoms with Crippen molar-refractivity contribution >= 4 is 40.7 Å². The van der Waals surface area contributed by atoms with E-state index in [1.807, 2.05) is 0 Å². The molecule has 1 aliphatic rings. The molecule has 3 N–H and O–H groups in total. The summed E-state index contributed by atoms with van der Waals surface area (Å²) in [5, 5.41) is 21.4. The number of benzene rings is 2. The molecule has 1 atom stereocenters. The first-order valence-corrected chi connectivity index (χ1v) is 11.1. The third-order valence-electron chi connectivity index (χ3n) is 5.38. The number of amides is 1. The fourth-order valence-corrected chi connectivity index (χ4v) is 4.14. The summed E-state index contributed by atoms with van der Waals surface area (Å²) < 4.78 is 1.63. The summed E-state index contributed by atoms with van der Waals surface area (Å²) in [7, 11) is 0. The molecular weight excluding hydrogens is 475 g/mol. The lowest BCUT2D eigenvalue weighted by molar-refractivity contribution is -0.113. The number of aromatic hydroxyl groups is 1. The average Bonchev–Trinajstić information content (AvgIpc) is 3.24. The third-order valence-corrected chi connectivity index (χ3v) is 6.12. The minimum atomic E-state index is -0.638. The van der Waals surface area contributed by atoms with Crippen LogP contribution in [0, 0.1) is 0 Å². The standard InChI is InChI=1S/C24H18Cl2N6O2/c1-13-20(23(34)29-16-5-3-9-27-12-16)21(14-7-8-18(25)19(26)11-14)32-24(28-13)30-22(31-32)15-4-2-6-17(33)10-15/h2-12,21,33H,1H3,(H,29,34)(H,28,30,31). The molecule has 34 heavy (non-hydrogen) atoms. The van der Waals surface area contributed by atoms with Crippen molar-refractivity contribution in [3.8, 4) is 17.1 Å². The molecule has 0 saturated heterocycles. The smallest absolute Gasteiger partial charge is 0.255 e. The molecule has 3 heterocycles. The van der Waals surface area contributed by atoms with Gasteiger partial charge in [0.15, 0.2) is 5.82 Å². The molecule has 2 aromatic heterocycles. The molecule has 2 aromatic carbocycles. The van der Waals surface area contributed by atoms with Crippen molar-refractivity contribution in [2.45, 2.75) is 13.0 Å². The summed E-state index contributed by atoms with van der Waals surface area (Å²) in [6.07, 6.45) is 3.20. The van der Waals surface area contributed by atoms with Crippen LogP contribution >= 0.6 is 23.2 Å². The van der Waals surface area contributed by atoms with E-state index in [0.717, 1.165) is 0 Å². The van der Waals surface area contributed by atoms with Gasteiger partial charge in [-0.15, -0.1) is 5.10 Å². The zero-order valence-corrected chi connectivity index (χ0v) is 19.3. The Hall–Kier alpha value is -3.88. The van der Waals surface area contributed by atoms with Crippen LogP contribution in [-0.4, -0.2) is 30.8 Å². The number of hydrogen-bond donors (Lipinski definition) is 3. The van der Waals surface area contributed by atoms with Crippen LogP contribution in [0.25, 0.3) is 11.4 Å². The van der Waals surface area contributed by atoms with Gasteiger partial charge in [0.25, 0.3) is 5.91 Å². The molecule has 1 amide bonds. The highest BCUT2D eigenvalue weighted by atomic mass is 35.5. The van der Waals surface area contributed by atoms with E-state index in [4.69, 9.17) is 23.2 Å². The predicted molar refractivity (Wildman–Crippen MR) is 131 cm³/mol. The van der Waals surface area contributed by atoms with Gasteiger partial charge in [-0.1, -0.05) is 41.4 Å². The second-order valence-corrected chi connectivity index (χ2v) is 8.50. The molecule has 1 unspecified atom stereocenters. The number of nitrogens with zero attached hydrogens (tertiary/aromatic N) is 4. The second-order valence-electron chi connectivity index (χ2n) is 7.69. The first-order valence-electron chi connectivity index (χ1n) is 10.3. The van der Waals surface area contributed by atoms with Crippen LogP contribution in [0.15, 0.2) is 78.3 Å². The van der Waals surface area contributed by atoms with E-state index in [1.165, 1.54) is 0 Å². The summed E-state index contributed by atoms with van der Waals surface area (Å²) in [6.45, 7) is 1.80. The Morgan fingerprint density at radius 1 is 1.12 bits per heavy atom. The molecule has 0 fully saturated rings. The third kappa shape index (κ3) is 4.09. The highest BCUT2D eigenvalue weighted by molar-refractivity contribution is 6.42. The van der Waals surface area contributed by atoms with Gasteiger partial charge in [-0.3, -0.25) is 9.78 Å². The average molecular weight is 493 g/mol. The maximum absolute atomic E-state index is 13.5. The van der Waals surface area contributed by atoms with E-state index in [0.29, 0.717) is 49.9 Å². The number of hydrogen-bond acceptors (Lipinski definition) is 6. The van der Waals surface area contributed by atoms with Crippen molar-refractivity contribution in [1.82, 2.24) is 19.7 Å². The fraction of sp³-hybridized carbons (Fsp3) is 0.0833. The van der Waals surface area contributed by atoms with E-state index in [2.05, 4.69) is 25.7 Å². The topological polar surface area (TPSA) is 105 Å². The van der Waals surface area contributed by atoms with Gasteiger partial charge in [-0.25, -0.2) is 4.68 Å². The lowest BCUT2D eigenvalue weighted by atomic mass is 9.95. The van der Waals surface area contributed by atoms with Gasteiger partial charge in [0.2, 0.25) is 5.95 Å². The highest BCUT2D eigenvalue weighted by Crippen LogP contribution is 2.38. The Labute approximate surface area is 204 Å². The van der Waals surface area contributed by atoms with E-state index in [-0.39, 0.29) is 11.7 Å². The van der Waals surface area contributed by atoms with Crippen LogP contribution in [0.2, 0.25) is 10.0 Å². The molecule has 1 aliphatic heterocycles. The molecule has 5 rings (SSSR count). The predicted octanol–water partition coefficient (Wildman–Crippen LogP) is 5.28. The molecular formula is C24H18Cl2N6O2. The van der Waals surface area contributed by atoms with Gasteiger partial charge in [0.1, 0.15) is 11.8 Å². The van der Waals surface area contributed by atoms with Gasteiger partial charge < -0.3 is 15.7 Å². The molecule has 10 heteroatoms. The van der Waals surface area contributed by atoms with E-state index < -0.39 is 6.04 Å². The normalized spacial score (nSPS) is 15.0. The van der Waals surface area contributed by atoms with Crippen molar-refractivity contribution in [2.24, 2.45) is 0 Å². The summed E-state index contributed by atoms with van der Waals surface area (Å²) in [6, 6.07) is 14.7. The van der Waals surface area contributed by atoms with Crippen molar-refractivity contribution in [1.29, 1.82) is 0 Å². The fourth-order valence-electron chi connectivity index (χ4n) is 3.84. The lowest BCUT2D eigenvalue weighted by Gasteiger charge is -2.28. The number of anilines is 2. The van der Waals surface area contributed by atoms with Crippen LogP contribution in [0.5, 0.6) is 5.75 Å². The quantitative estimate of drug-likeness (QED) is 0.357. The molecule has 4 aromatic rings. The Balaban J connectivity index is 1.63. The number of rotatable bonds is 4. The first kappa shape index (κ1) is 21.9. The monoisotopic (exact) mass is 492 g/mol. The van der Waals surface area contributed by atoms with Crippen LogP contribution in [0.3, 0.4) is 0 Å². The number of allylic oxidation sites excluding steroid dienone is 1.